The molecule has 0 aliphatic carbocycles. The van der Waals surface area contributed by atoms with E-state index in [2.05, 4.69) is 4.98 Å². The maximum atomic E-state index is 13.3. The third-order valence-corrected chi connectivity index (χ3v) is 7.62. The smallest absolute Gasteiger partial charge is 0.383 e. The average Bonchev–Trinajstić information content (AvgIpc) is 3.25. The second kappa shape index (κ2) is 11.7. The van der Waals surface area contributed by atoms with Crippen molar-refractivity contribution in [2.24, 2.45) is 0 Å². The van der Waals surface area contributed by atoms with Crippen molar-refractivity contribution in [3.8, 4) is 0 Å². The summed E-state index contributed by atoms with van der Waals surface area (Å²) in [5.74, 6) is -0.863. The van der Waals surface area contributed by atoms with Gasteiger partial charge in [0.1, 0.15) is 0 Å². The Hall–Kier alpha value is -2.89. The van der Waals surface area contributed by atoms with Gasteiger partial charge in [-0.05, 0) is 49.7 Å². The zero-order chi connectivity index (χ0) is 27.4. The van der Waals surface area contributed by atoms with Crippen molar-refractivity contribution in [2.45, 2.75) is 50.1 Å². The molecule has 0 atom stereocenters. The highest BCUT2D eigenvalue weighted by atomic mass is 35.5. The first-order valence-corrected chi connectivity index (χ1v) is 13.4. The van der Waals surface area contributed by atoms with Crippen LogP contribution in [0.25, 0.3) is 0 Å². The Balaban J connectivity index is 1.93. The number of sulfone groups is 1. The van der Waals surface area contributed by atoms with Gasteiger partial charge in [-0.3, -0.25) is 4.79 Å². The summed E-state index contributed by atoms with van der Waals surface area (Å²) in [5.41, 5.74) is 0.0828. The van der Waals surface area contributed by atoms with Gasteiger partial charge < -0.3 is 14.2 Å². The molecule has 200 valence electrons. The normalized spacial score (nSPS) is 12.2. The highest BCUT2D eigenvalue weighted by molar-refractivity contribution is 7.90. The fourth-order valence-electron chi connectivity index (χ4n) is 3.70. The monoisotopic (exact) mass is 557 g/mol. The third-order valence-electron chi connectivity index (χ3n) is 5.68. The van der Waals surface area contributed by atoms with Crippen molar-refractivity contribution in [3.05, 3.63) is 82.1 Å². The molecule has 0 fully saturated rings. The van der Waals surface area contributed by atoms with Crippen molar-refractivity contribution in [1.82, 2.24) is 14.5 Å². The zero-order valence-electron chi connectivity index (χ0n) is 20.5. The van der Waals surface area contributed by atoms with E-state index in [-0.39, 0.29) is 42.2 Å². The van der Waals surface area contributed by atoms with Crippen molar-refractivity contribution in [2.75, 3.05) is 13.7 Å². The molecular weight excluding hydrogens is 531 g/mol. The number of alkyl halides is 3. The van der Waals surface area contributed by atoms with Crippen LogP contribution in [-0.2, 0) is 39.6 Å². The summed E-state index contributed by atoms with van der Waals surface area (Å²) in [4.78, 5) is 18.8. The van der Waals surface area contributed by atoms with E-state index in [0.717, 1.165) is 24.3 Å². The fraction of sp³-hybridized carbons (Fsp3) is 0.360. The molecule has 0 aliphatic heterocycles. The van der Waals surface area contributed by atoms with Crippen LogP contribution < -0.4 is 0 Å². The number of imidazole rings is 1. The van der Waals surface area contributed by atoms with Crippen LogP contribution in [-0.4, -0.2) is 48.5 Å². The van der Waals surface area contributed by atoms with Crippen LogP contribution in [0.5, 0.6) is 0 Å². The molecule has 0 bridgehead atoms. The number of aromatic nitrogens is 2. The molecule has 2 aromatic carbocycles. The summed E-state index contributed by atoms with van der Waals surface area (Å²) in [7, 11) is -2.45. The van der Waals surface area contributed by atoms with E-state index < -0.39 is 27.5 Å². The topological polar surface area (TPSA) is 81.5 Å². The quantitative estimate of drug-likeness (QED) is 0.341. The average molecular weight is 558 g/mol. The molecule has 12 heteroatoms. The first-order chi connectivity index (χ1) is 17.3. The van der Waals surface area contributed by atoms with Crippen molar-refractivity contribution in [1.29, 1.82) is 0 Å². The number of benzene rings is 2. The Morgan fingerprint density at radius 3 is 2.35 bits per heavy atom. The summed E-state index contributed by atoms with van der Waals surface area (Å²) in [6, 6.07) is 10.2. The van der Waals surface area contributed by atoms with E-state index in [4.69, 9.17) is 16.3 Å². The van der Waals surface area contributed by atoms with Gasteiger partial charge in [-0.25, -0.2) is 13.4 Å². The van der Waals surface area contributed by atoms with Crippen LogP contribution in [0.2, 0.25) is 5.02 Å². The molecule has 0 saturated carbocycles. The molecule has 0 saturated heterocycles. The number of carbonyl (C=O) groups excluding carboxylic acids is 1. The van der Waals surface area contributed by atoms with Gasteiger partial charge >= 0.3 is 6.18 Å². The number of nitrogens with zero attached hydrogens (tertiary/aromatic N) is 3. The third kappa shape index (κ3) is 6.91. The summed E-state index contributed by atoms with van der Waals surface area (Å²) >= 11 is 6.16. The minimum Gasteiger partial charge on any atom is -0.383 e. The van der Waals surface area contributed by atoms with E-state index in [0.29, 0.717) is 16.3 Å². The van der Waals surface area contributed by atoms with Gasteiger partial charge in [-0.2, -0.15) is 13.2 Å². The Morgan fingerprint density at radius 2 is 1.78 bits per heavy atom. The highest BCUT2D eigenvalue weighted by Gasteiger charge is 2.31. The first kappa shape index (κ1) is 28.7. The Labute approximate surface area is 218 Å². The van der Waals surface area contributed by atoms with Gasteiger partial charge in [0.25, 0.3) is 5.91 Å². The highest BCUT2D eigenvalue weighted by Crippen LogP contribution is 2.29. The summed E-state index contributed by atoms with van der Waals surface area (Å²) in [6.45, 7) is 3.84. The van der Waals surface area contributed by atoms with Crippen LogP contribution in [0.1, 0.15) is 41.0 Å². The minimum absolute atomic E-state index is 0.0180. The Bertz CT molecular complexity index is 1340. The molecule has 7 nitrogen and oxygen atoms in total. The largest absolute Gasteiger partial charge is 0.416 e. The molecular formula is C25H27ClF3N3O4S. The maximum Gasteiger partial charge on any atom is 0.416 e. The zero-order valence-corrected chi connectivity index (χ0v) is 22.1. The second-order valence-corrected chi connectivity index (χ2v) is 10.9. The summed E-state index contributed by atoms with van der Waals surface area (Å²) < 4.78 is 72.0. The molecule has 3 rings (SSSR count). The molecule has 0 N–H and O–H groups in total. The van der Waals surface area contributed by atoms with Gasteiger partial charge in [-0.1, -0.05) is 29.8 Å². The second-order valence-electron chi connectivity index (χ2n) is 8.63. The molecule has 1 aromatic heterocycles. The number of ether oxygens (including phenoxy) is 1. The molecule has 0 aliphatic rings. The Kier molecular flexibility index (Phi) is 9.04. The molecule has 0 spiro atoms. The lowest BCUT2D eigenvalue weighted by Gasteiger charge is -2.27. The van der Waals surface area contributed by atoms with Gasteiger partial charge in [0.15, 0.2) is 0 Å². The van der Waals surface area contributed by atoms with Gasteiger partial charge in [0.2, 0.25) is 15.0 Å². The lowest BCUT2D eigenvalue weighted by atomic mass is 10.1. The lowest BCUT2D eigenvalue weighted by Crippen LogP contribution is -2.37. The van der Waals surface area contributed by atoms with Crippen LogP contribution in [0.15, 0.2) is 59.9 Å². The molecule has 1 amide bonds. The van der Waals surface area contributed by atoms with Crippen LogP contribution >= 0.6 is 11.6 Å². The number of hydrogen-bond donors (Lipinski definition) is 0. The number of amides is 1. The minimum atomic E-state index is -4.51. The Morgan fingerprint density at radius 1 is 1.14 bits per heavy atom. The van der Waals surface area contributed by atoms with E-state index in [1.807, 2.05) is 0 Å². The lowest BCUT2D eigenvalue weighted by molar-refractivity contribution is -0.137. The van der Waals surface area contributed by atoms with Gasteiger partial charge in [0.05, 0.1) is 36.4 Å². The van der Waals surface area contributed by atoms with E-state index in [9.17, 15) is 26.4 Å². The fourth-order valence-corrected chi connectivity index (χ4v) is 5.53. The maximum absolute atomic E-state index is 13.3. The van der Waals surface area contributed by atoms with Crippen LogP contribution in [0.4, 0.5) is 13.2 Å². The SMILES string of the molecule is COCCn1c(CN(C(=O)c2ccc(C(F)(F)F)cc2)C(C)C)cnc1S(=O)(=O)Cc1ccccc1Cl. The van der Waals surface area contributed by atoms with Gasteiger partial charge in [-0.15, -0.1) is 0 Å². The molecule has 37 heavy (non-hydrogen) atoms. The number of halogens is 4. The van der Waals surface area contributed by atoms with E-state index in [1.165, 1.54) is 22.8 Å². The molecule has 0 unspecified atom stereocenters. The molecule has 3 aromatic rings. The van der Waals surface area contributed by atoms with Crippen molar-refractivity contribution in [3.63, 3.8) is 0 Å². The first-order valence-electron chi connectivity index (χ1n) is 11.3. The summed E-state index contributed by atoms with van der Waals surface area (Å²) in [5, 5.41) is 0.125. The van der Waals surface area contributed by atoms with Crippen molar-refractivity contribution < 1.29 is 31.1 Å². The number of carbonyl (C=O) groups is 1. The molecule has 1 heterocycles. The molecule has 0 radical (unpaired) electrons. The van der Waals surface area contributed by atoms with Crippen molar-refractivity contribution >= 4 is 27.3 Å². The predicted octanol–water partition coefficient (Wildman–Crippen LogP) is 5.23. The van der Waals surface area contributed by atoms with E-state index >= 15 is 0 Å². The number of methoxy groups -OCH3 is 1. The number of hydrogen-bond acceptors (Lipinski definition) is 5. The predicted molar refractivity (Wildman–Crippen MR) is 133 cm³/mol. The van der Waals surface area contributed by atoms with Crippen LogP contribution in [0, 0.1) is 0 Å². The standard InChI is InChI=1S/C25H27ClF3N3O4S/c1-17(2)32(23(33)18-8-10-20(11-9-18)25(27,28)29)15-21-14-30-24(31(21)12-13-36-3)37(34,35)16-19-6-4-5-7-22(19)26/h4-11,14,17H,12-13,15-16H2,1-3H3. The van der Waals surface area contributed by atoms with Crippen LogP contribution in [0.3, 0.4) is 0 Å². The number of rotatable bonds is 10. The van der Waals surface area contributed by atoms with E-state index in [1.54, 1.807) is 38.1 Å². The van der Waals surface area contributed by atoms with Gasteiger partial charge in [0, 0.05) is 30.3 Å². The summed E-state index contributed by atoms with van der Waals surface area (Å²) in [6.07, 6.45) is -3.14.